The molecule has 0 heterocycles. The Morgan fingerprint density at radius 2 is 1.83 bits per heavy atom. The van der Waals surface area contributed by atoms with Crippen LogP contribution in [-0.2, 0) is 23.8 Å². The number of ether oxygens (including phenoxy) is 1. The third-order valence-electron chi connectivity index (χ3n) is 2.12. The Kier molecular flexibility index (Phi) is 4.86. The molecule has 100 valence electrons. The molecule has 0 aliphatic heterocycles. The maximum atomic E-state index is 11.8. The van der Waals surface area contributed by atoms with Crippen LogP contribution in [0, 0.1) is 6.92 Å². The van der Waals surface area contributed by atoms with E-state index in [9.17, 15) is 13.2 Å². The summed E-state index contributed by atoms with van der Waals surface area (Å²) in [6.07, 6.45) is -0.722. The van der Waals surface area contributed by atoms with Gasteiger partial charge in [-0.3, -0.25) is 8.98 Å². The summed E-state index contributed by atoms with van der Waals surface area (Å²) in [5.41, 5.74) is 0.960. The average molecular weight is 272 g/mol. The van der Waals surface area contributed by atoms with Crippen molar-refractivity contribution < 1.29 is 22.1 Å². The molecule has 1 aromatic carbocycles. The van der Waals surface area contributed by atoms with Crippen LogP contribution >= 0.6 is 0 Å². The van der Waals surface area contributed by atoms with E-state index >= 15 is 0 Å². The molecule has 1 atom stereocenters. The van der Waals surface area contributed by atoms with E-state index in [0.717, 1.165) is 5.56 Å². The van der Waals surface area contributed by atoms with Gasteiger partial charge < -0.3 is 4.74 Å². The van der Waals surface area contributed by atoms with Gasteiger partial charge in [0.15, 0.2) is 0 Å². The summed E-state index contributed by atoms with van der Waals surface area (Å²) in [5, 5.41) is 0. The second-order valence-electron chi connectivity index (χ2n) is 3.98. The SMILES string of the molecule is CC(=O)OCC(C)OS(=O)(=O)c1ccc(C)cc1. The maximum Gasteiger partial charge on any atom is 0.302 e. The first-order valence-corrected chi connectivity index (χ1v) is 6.85. The first kappa shape index (κ1) is 14.7. The molecular weight excluding hydrogens is 256 g/mol. The lowest BCUT2D eigenvalue weighted by molar-refractivity contribution is -0.143. The molecule has 0 bridgehead atoms. The van der Waals surface area contributed by atoms with Crippen LogP contribution in [0.2, 0.25) is 0 Å². The molecule has 1 unspecified atom stereocenters. The Balaban J connectivity index is 2.70. The van der Waals surface area contributed by atoms with Crippen LogP contribution in [0.4, 0.5) is 0 Å². The highest BCUT2D eigenvalue weighted by Crippen LogP contribution is 2.15. The number of hydrogen-bond acceptors (Lipinski definition) is 5. The summed E-state index contributed by atoms with van der Waals surface area (Å²) in [5.74, 6) is -0.474. The van der Waals surface area contributed by atoms with Crippen LogP contribution in [0.3, 0.4) is 0 Å². The van der Waals surface area contributed by atoms with Crippen LogP contribution in [0.5, 0.6) is 0 Å². The molecule has 0 fully saturated rings. The van der Waals surface area contributed by atoms with Crippen LogP contribution in [0.1, 0.15) is 19.4 Å². The number of hydrogen-bond donors (Lipinski definition) is 0. The maximum absolute atomic E-state index is 11.8. The van der Waals surface area contributed by atoms with E-state index in [4.69, 9.17) is 4.18 Å². The van der Waals surface area contributed by atoms with Gasteiger partial charge in [0.25, 0.3) is 10.1 Å². The van der Waals surface area contributed by atoms with Crippen LogP contribution in [0.15, 0.2) is 29.2 Å². The van der Waals surface area contributed by atoms with Gasteiger partial charge in [0.05, 0.1) is 4.90 Å². The van der Waals surface area contributed by atoms with E-state index < -0.39 is 22.2 Å². The quantitative estimate of drug-likeness (QED) is 0.602. The molecule has 0 amide bonds. The Morgan fingerprint density at radius 1 is 1.28 bits per heavy atom. The molecule has 18 heavy (non-hydrogen) atoms. The molecule has 0 saturated heterocycles. The van der Waals surface area contributed by atoms with Crippen molar-refractivity contribution in [2.45, 2.75) is 31.8 Å². The topological polar surface area (TPSA) is 69.7 Å². The lowest BCUT2D eigenvalue weighted by atomic mass is 10.2. The summed E-state index contributed by atoms with van der Waals surface area (Å²) in [6, 6.07) is 6.33. The Morgan fingerprint density at radius 3 is 2.33 bits per heavy atom. The summed E-state index contributed by atoms with van der Waals surface area (Å²) in [7, 11) is -3.82. The highest BCUT2D eigenvalue weighted by atomic mass is 32.2. The van der Waals surface area contributed by atoms with Crippen LogP contribution < -0.4 is 0 Å². The summed E-state index contributed by atoms with van der Waals surface area (Å²) in [6.45, 7) is 4.54. The number of aryl methyl sites for hydroxylation is 1. The summed E-state index contributed by atoms with van der Waals surface area (Å²) < 4.78 is 33.3. The van der Waals surface area contributed by atoms with Crippen molar-refractivity contribution >= 4 is 16.1 Å². The minimum absolute atomic E-state index is 0.0859. The zero-order valence-electron chi connectivity index (χ0n) is 10.5. The van der Waals surface area contributed by atoms with Gasteiger partial charge in [-0.05, 0) is 26.0 Å². The van der Waals surface area contributed by atoms with Gasteiger partial charge in [0, 0.05) is 6.92 Å². The molecular formula is C12H16O5S. The van der Waals surface area contributed by atoms with E-state index in [-0.39, 0.29) is 11.5 Å². The highest BCUT2D eigenvalue weighted by molar-refractivity contribution is 7.86. The van der Waals surface area contributed by atoms with Gasteiger partial charge in [0.1, 0.15) is 12.7 Å². The van der Waals surface area contributed by atoms with Crippen molar-refractivity contribution in [2.75, 3.05) is 6.61 Å². The van der Waals surface area contributed by atoms with E-state index in [1.807, 2.05) is 6.92 Å². The van der Waals surface area contributed by atoms with E-state index in [1.54, 1.807) is 12.1 Å². The fourth-order valence-electron chi connectivity index (χ4n) is 1.24. The van der Waals surface area contributed by atoms with Gasteiger partial charge >= 0.3 is 5.97 Å². The number of carbonyl (C=O) groups excluding carboxylic acids is 1. The lowest BCUT2D eigenvalue weighted by Gasteiger charge is -2.12. The van der Waals surface area contributed by atoms with Gasteiger partial charge in [-0.15, -0.1) is 0 Å². The molecule has 6 heteroatoms. The predicted octanol–water partition coefficient (Wildman–Crippen LogP) is 1.65. The Bertz CT molecular complexity index is 504. The van der Waals surface area contributed by atoms with Gasteiger partial charge in [-0.25, -0.2) is 0 Å². The Labute approximate surface area is 107 Å². The van der Waals surface area contributed by atoms with Crippen molar-refractivity contribution in [3.05, 3.63) is 29.8 Å². The zero-order chi connectivity index (χ0) is 13.8. The first-order valence-electron chi connectivity index (χ1n) is 5.44. The molecule has 0 aliphatic carbocycles. The van der Waals surface area contributed by atoms with Crippen molar-refractivity contribution in [2.24, 2.45) is 0 Å². The zero-order valence-corrected chi connectivity index (χ0v) is 11.4. The summed E-state index contributed by atoms with van der Waals surface area (Å²) >= 11 is 0. The number of rotatable bonds is 5. The first-order chi connectivity index (χ1) is 8.31. The van der Waals surface area contributed by atoms with Crippen LogP contribution in [-0.4, -0.2) is 27.1 Å². The highest BCUT2D eigenvalue weighted by Gasteiger charge is 2.19. The van der Waals surface area contributed by atoms with Crippen molar-refractivity contribution in [1.29, 1.82) is 0 Å². The molecule has 1 aromatic rings. The van der Waals surface area contributed by atoms with E-state index in [1.165, 1.54) is 26.0 Å². The lowest BCUT2D eigenvalue weighted by Crippen LogP contribution is -2.21. The number of carbonyl (C=O) groups is 1. The van der Waals surface area contributed by atoms with Crippen molar-refractivity contribution in [1.82, 2.24) is 0 Å². The molecule has 0 aliphatic rings. The fourth-order valence-corrected chi connectivity index (χ4v) is 2.31. The molecule has 5 nitrogen and oxygen atoms in total. The minimum atomic E-state index is -3.82. The fraction of sp³-hybridized carbons (Fsp3) is 0.417. The van der Waals surface area contributed by atoms with Crippen molar-refractivity contribution in [3.8, 4) is 0 Å². The molecule has 0 saturated carbocycles. The molecule has 0 radical (unpaired) electrons. The second-order valence-corrected chi connectivity index (χ2v) is 5.55. The van der Waals surface area contributed by atoms with Crippen molar-refractivity contribution in [3.63, 3.8) is 0 Å². The Hall–Kier alpha value is -1.40. The average Bonchev–Trinajstić information content (AvgIpc) is 2.26. The van der Waals surface area contributed by atoms with Crippen LogP contribution in [0.25, 0.3) is 0 Å². The molecule has 0 N–H and O–H groups in total. The van der Waals surface area contributed by atoms with Gasteiger partial charge in [-0.2, -0.15) is 8.42 Å². The van der Waals surface area contributed by atoms with E-state index in [2.05, 4.69) is 4.74 Å². The molecule has 0 aromatic heterocycles. The largest absolute Gasteiger partial charge is 0.463 e. The van der Waals surface area contributed by atoms with Gasteiger partial charge in [-0.1, -0.05) is 17.7 Å². The second kappa shape index (κ2) is 5.97. The standard InChI is InChI=1S/C12H16O5S/c1-9-4-6-12(7-5-9)18(14,15)17-10(2)8-16-11(3)13/h4-7,10H,8H2,1-3H3. The third kappa shape index (κ3) is 4.46. The summed E-state index contributed by atoms with van der Waals surface area (Å²) in [4.78, 5) is 10.7. The number of esters is 1. The molecule has 0 spiro atoms. The minimum Gasteiger partial charge on any atom is -0.463 e. The van der Waals surface area contributed by atoms with Gasteiger partial charge in [0.2, 0.25) is 0 Å². The number of benzene rings is 1. The third-order valence-corrected chi connectivity index (χ3v) is 3.55. The normalized spacial score (nSPS) is 13.1. The van der Waals surface area contributed by atoms with E-state index in [0.29, 0.717) is 0 Å². The monoisotopic (exact) mass is 272 g/mol. The smallest absolute Gasteiger partial charge is 0.302 e. The predicted molar refractivity (Wildman–Crippen MR) is 65.5 cm³/mol. The molecule has 1 rings (SSSR count).